The van der Waals surface area contributed by atoms with Gasteiger partial charge in [0.05, 0.1) is 0 Å². The first-order valence-electron chi connectivity index (χ1n) is 3.66. The van der Waals surface area contributed by atoms with Crippen molar-refractivity contribution in [2.24, 2.45) is 16.8 Å². The van der Waals surface area contributed by atoms with E-state index in [0.717, 1.165) is 0 Å². The van der Waals surface area contributed by atoms with Crippen LogP contribution < -0.4 is 11.2 Å². The number of nitrogens with zero attached hydrogens (tertiary/aromatic N) is 2. The summed E-state index contributed by atoms with van der Waals surface area (Å²) in [6, 6.07) is 0. The van der Waals surface area contributed by atoms with Gasteiger partial charge in [-0.1, -0.05) is 0 Å². The summed E-state index contributed by atoms with van der Waals surface area (Å²) in [4.78, 5) is 11.6. The Balaban J connectivity index is 2.17. The van der Waals surface area contributed by atoms with E-state index in [1.54, 1.807) is 6.21 Å². The summed E-state index contributed by atoms with van der Waals surface area (Å²) in [5.74, 6) is 0.165. The maximum Gasteiger partial charge on any atom is 0.407 e. The van der Waals surface area contributed by atoms with Gasteiger partial charge in [0.1, 0.15) is 0 Å². The summed E-state index contributed by atoms with van der Waals surface area (Å²) in [5.41, 5.74) is 7.52. The van der Waals surface area contributed by atoms with Gasteiger partial charge in [-0.3, -0.25) is 5.43 Å². The van der Waals surface area contributed by atoms with E-state index in [1.165, 1.54) is 4.90 Å². The quantitative estimate of drug-likeness (QED) is 0.316. The van der Waals surface area contributed by atoms with Gasteiger partial charge in [0.25, 0.3) is 0 Å². The average molecular weight is 202 g/mol. The number of nitrogens with one attached hydrogen (secondary N) is 1. The number of nitrogens with two attached hydrogens (primary N) is 1. The van der Waals surface area contributed by atoms with E-state index in [1.807, 2.05) is 0 Å². The Morgan fingerprint density at radius 3 is 2.85 bits per heavy atom. The van der Waals surface area contributed by atoms with Gasteiger partial charge in [-0.25, -0.2) is 4.79 Å². The van der Waals surface area contributed by atoms with Crippen LogP contribution in [0.15, 0.2) is 5.10 Å². The second-order valence-corrected chi connectivity index (χ2v) is 3.14. The summed E-state index contributed by atoms with van der Waals surface area (Å²) < 4.78 is 0. The Morgan fingerprint density at radius 2 is 2.38 bits per heavy atom. The second kappa shape index (κ2) is 4.04. The molecule has 13 heavy (non-hydrogen) atoms. The van der Waals surface area contributed by atoms with Crippen molar-refractivity contribution in [1.82, 2.24) is 10.3 Å². The highest BCUT2D eigenvalue weighted by molar-refractivity contribution is 7.80. The highest BCUT2D eigenvalue weighted by Crippen LogP contribution is 2.12. The Kier molecular flexibility index (Phi) is 3.02. The van der Waals surface area contributed by atoms with Crippen molar-refractivity contribution in [1.29, 1.82) is 0 Å². The first-order valence-corrected chi connectivity index (χ1v) is 4.07. The molecule has 0 aromatic carbocycles. The number of hydrogen-bond donors (Lipinski definition) is 3. The minimum atomic E-state index is -0.896. The topological polar surface area (TPSA) is 91.0 Å². The van der Waals surface area contributed by atoms with Crippen molar-refractivity contribution in [2.75, 3.05) is 13.1 Å². The Morgan fingerprint density at radius 1 is 1.77 bits per heavy atom. The molecule has 0 saturated carbocycles. The smallest absolute Gasteiger partial charge is 0.407 e. The fraction of sp³-hybridized carbons (Fsp3) is 0.500. The van der Waals surface area contributed by atoms with Crippen LogP contribution in [0.4, 0.5) is 4.79 Å². The largest absolute Gasteiger partial charge is 0.465 e. The predicted octanol–water partition coefficient (Wildman–Crippen LogP) is -0.585. The Bertz CT molecular complexity index is 249. The number of hydrazone groups is 1. The van der Waals surface area contributed by atoms with Crippen LogP contribution in [0.3, 0.4) is 0 Å². The number of hydrogen-bond acceptors (Lipinski definition) is 3. The zero-order valence-corrected chi connectivity index (χ0v) is 7.62. The zero-order valence-electron chi connectivity index (χ0n) is 6.80. The normalized spacial score (nSPS) is 17.1. The zero-order chi connectivity index (χ0) is 9.84. The highest BCUT2D eigenvalue weighted by atomic mass is 32.1. The average Bonchev–Trinajstić information content (AvgIpc) is 1.92. The molecule has 0 aromatic heterocycles. The molecule has 1 saturated heterocycles. The predicted molar refractivity (Wildman–Crippen MR) is 51.5 cm³/mol. The summed E-state index contributed by atoms with van der Waals surface area (Å²) >= 11 is 4.51. The number of carbonyl (C=O) groups is 1. The van der Waals surface area contributed by atoms with Crippen LogP contribution >= 0.6 is 12.2 Å². The molecule has 0 aliphatic carbocycles. The lowest BCUT2D eigenvalue weighted by Crippen LogP contribution is -2.50. The molecule has 1 amide bonds. The Hall–Kier alpha value is -1.37. The van der Waals surface area contributed by atoms with Crippen LogP contribution in [0.5, 0.6) is 0 Å². The van der Waals surface area contributed by atoms with Crippen LogP contribution in [0, 0.1) is 5.92 Å². The van der Waals surface area contributed by atoms with Crippen LogP contribution in [-0.2, 0) is 0 Å². The number of amides is 1. The van der Waals surface area contributed by atoms with Gasteiger partial charge in [-0.15, -0.1) is 0 Å². The lowest BCUT2D eigenvalue weighted by Gasteiger charge is -2.34. The van der Waals surface area contributed by atoms with Gasteiger partial charge in [0.15, 0.2) is 5.11 Å². The van der Waals surface area contributed by atoms with Crippen LogP contribution in [-0.4, -0.2) is 40.5 Å². The Labute approximate surface area is 80.4 Å². The van der Waals surface area contributed by atoms with E-state index in [9.17, 15) is 4.79 Å². The monoisotopic (exact) mass is 202 g/mol. The molecule has 0 aromatic rings. The lowest BCUT2D eigenvalue weighted by molar-refractivity contribution is 0.104. The third-order valence-corrected chi connectivity index (χ3v) is 1.73. The summed E-state index contributed by atoms with van der Waals surface area (Å²) in [6.45, 7) is 0.968. The number of likely N-dealkylation sites (tertiary alicyclic amines) is 1. The molecule has 72 valence electrons. The molecule has 0 spiro atoms. The third-order valence-electron chi connectivity index (χ3n) is 1.64. The van der Waals surface area contributed by atoms with E-state index < -0.39 is 6.09 Å². The molecule has 1 fully saturated rings. The van der Waals surface area contributed by atoms with E-state index in [2.05, 4.69) is 22.7 Å². The number of rotatable bonds is 2. The first-order chi connectivity index (χ1) is 6.09. The minimum Gasteiger partial charge on any atom is -0.465 e. The van der Waals surface area contributed by atoms with Gasteiger partial charge in [-0.2, -0.15) is 5.10 Å². The van der Waals surface area contributed by atoms with Crippen molar-refractivity contribution >= 4 is 29.6 Å². The minimum absolute atomic E-state index is 0.102. The molecule has 1 heterocycles. The van der Waals surface area contributed by atoms with Crippen LogP contribution in [0.2, 0.25) is 0 Å². The molecule has 0 radical (unpaired) electrons. The van der Waals surface area contributed by atoms with E-state index in [-0.39, 0.29) is 11.0 Å². The van der Waals surface area contributed by atoms with Gasteiger partial charge in [-0.05, 0) is 12.2 Å². The van der Waals surface area contributed by atoms with Crippen molar-refractivity contribution in [3.05, 3.63) is 0 Å². The summed E-state index contributed by atoms with van der Waals surface area (Å²) in [6.07, 6.45) is 0.713. The van der Waals surface area contributed by atoms with Crippen molar-refractivity contribution in [2.45, 2.75) is 0 Å². The van der Waals surface area contributed by atoms with Crippen LogP contribution in [0.25, 0.3) is 0 Å². The molecular formula is C6H10N4O2S. The second-order valence-electron chi connectivity index (χ2n) is 2.70. The molecule has 0 unspecified atom stereocenters. The molecule has 4 N–H and O–H groups in total. The van der Waals surface area contributed by atoms with Gasteiger partial charge in [0.2, 0.25) is 0 Å². The first kappa shape index (κ1) is 9.72. The van der Waals surface area contributed by atoms with E-state index in [4.69, 9.17) is 10.8 Å². The van der Waals surface area contributed by atoms with Crippen molar-refractivity contribution in [3.63, 3.8) is 0 Å². The standard InChI is InChI=1S/C6H10N4O2S/c7-5(13)9-8-1-4-2-10(3-4)6(11)12/h1,4H,2-3H2,(H,11,12)(H3,7,9,13)/b8-1-. The molecule has 1 aliphatic heterocycles. The third kappa shape index (κ3) is 2.86. The molecule has 1 aliphatic rings. The maximum absolute atomic E-state index is 10.3. The van der Waals surface area contributed by atoms with Gasteiger partial charge >= 0.3 is 6.09 Å². The van der Waals surface area contributed by atoms with Crippen molar-refractivity contribution < 1.29 is 9.90 Å². The fourth-order valence-electron chi connectivity index (χ4n) is 0.969. The number of thiocarbonyl (C=S) groups is 1. The highest BCUT2D eigenvalue weighted by Gasteiger charge is 2.28. The maximum atomic E-state index is 10.3. The molecule has 6 nitrogen and oxygen atoms in total. The molecule has 0 bridgehead atoms. The summed E-state index contributed by atoms with van der Waals surface area (Å²) in [5, 5.41) is 12.3. The molecular weight excluding hydrogens is 192 g/mol. The van der Waals surface area contributed by atoms with Gasteiger partial charge in [0, 0.05) is 25.2 Å². The molecule has 0 atom stereocenters. The molecule has 1 rings (SSSR count). The van der Waals surface area contributed by atoms with E-state index >= 15 is 0 Å². The van der Waals surface area contributed by atoms with E-state index in [0.29, 0.717) is 13.1 Å². The van der Waals surface area contributed by atoms with Crippen molar-refractivity contribution in [3.8, 4) is 0 Å². The fourth-order valence-corrected chi connectivity index (χ4v) is 1.02. The van der Waals surface area contributed by atoms with Crippen LogP contribution in [0.1, 0.15) is 0 Å². The summed E-state index contributed by atoms with van der Waals surface area (Å²) in [7, 11) is 0. The SMILES string of the molecule is NC(=S)N/N=C\C1CN(C(=O)O)C1. The number of carboxylic acid groups (broad SMARTS) is 1. The van der Waals surface area contributed by atoms with Gasteiger partial charge < -0.3 is 15.7 Å². The molecule has 7 heteroatoms. The lowest BCUT2D eigenvalue weighted by atomic mass is 10.0.